The fourth-order valence-corrected chi connectivity index (χ4v) is 3.86. The van der Waals surface area contributed by atoms with Gasteiger partial charge in [0, 0.05) is 19.6 Å². The Bertz CT molecular complexity index is 1010. The predicted molar refractivity (Wildman–Crippen MR) is 137 cm³/mol. The number of esters is 1. The summed E-state index contributed by atoms with van der Waals surface area (Å²) < 4.78 is 10.7. The number of amides is 2. The molecule has 3 N–H and O–H groups in total. The van der Waals surface area contributed by atoms with Crippen LogP contribution >= 0.6 is 12.2 Å². The van der Waals surface area contributed by atoms with E-state index in [4.69, 9.17) is 21.7 Å². The molecule has 1 unspecified atom stereocenters. The number of hydrogen-bond donors (Lipinski definition) is 3. The average molecular weight is 498 g/mol. The Hall–Kier alpha value is -3.30. The lowest BCUT2D eigenvalue weighted by atomic mass is 10.1. The normalized spacial score (nSPS) is 14.7. The molecule has 0 aromatic heterocycles. The van der Waals surface area contributed by atoms with Gasteiger partial charge in [-0.3, -0.25) is 14.4 Å². The fourth-order valence-electron chi connectivity index (χ4n) is 3.63. The number of carbonyl (C=O) groups excluding carboxylic acids is 3. The molecule has 0 spiro atoms. The average Bonchev–Trinajstić information content (AvgIpc) is 3.38. The van der Waals surface area contributed by atoms with Crippen LogP contribution in [0.5, 0.6) is 0 Å². The van der Waals surface area contributed by atoms with E-state index < -0.39 is 11.9 Å². The molecule has 2 aromatic carbocycles. The summed E-state index contributed by atoms with van der Waals surface area (Å²) in [6, 6.07) is 16.8. The number of carbonyl (C=O) groups is 3. The number of aryl methyl sites for hydroxylation is 1. The van der Waals surface area contributed by atoms with Gasteiger partial charge in [-0.25, -0.2) is 0 Å². The van der Waals surface area contributed by atoms with Gasteiger partial charge in [-0.15, -0.1) is 0 Å². The SMILES string of the molecule is O=C(CCC(=O)OCCCc1ccccc1)NC(=S)Nc1ccccc1C(=O)NCC1CCCO1. The minimum atomic E-state index is -0.430. The molecular formula is C26H31N3O5S. The largest absolute Gasteiger partial charge is 0.466 e. The number of anilines is 1. The smallest absolute Gasteiger partial charge is 0.306 e. The summed E-state index contributed by atoms with van der Waals surface area (Å²) in [5.74, 6) is -1.10. The molecule has 1 heterocycles. The van der Waals surface area contributed by atoms with E-state index in [2.05, 4.69) is 16.0 Å². The first-order chi connectivity index (χ1) is 17.0. The first-order valence-electron chi connectivity index (χ1n) is 11.8. The van der Waals surface area contributed by atoms with Crippen LogP contribution in [0.25, 0.3) is 0 Å². The lowest BCUT2D eigenvalue weighted by molar-refractivity contribution is -0.145. The van der Waals surface area contributed by atoms with E-state index in [9.17, 15) is 14.4 Å². The summed E-state index contributed by atoms with van der Waals surface area (Å²) in [5, 5.41) is 8.34. The number of nitrogens with one attached hydrogen (secondary N) is 3. The van der Waals surface area contributed by atoms with Gasteiger partial charge in [-0.1, -0.05) is 42.5 Å². The maximum Gasteiger partial charge on any atom is 0.306 e. The van der Waals surface area contributed by atoms with Crippen molar-refractivity contribution in [3.05, 3.63) is 65.7 Å². The van der Waals surface area contributed by atoms with Crippen LogP contribution in [0.3, 0.4) is 0 Å². The quantitative estimate of drug-likeness (QED) is 0.248. The first-order valence-corrected chi connectivity index (χ1v) is 12.2. The van der Waals surface area contributed by atoms with Gasteiger partial charge in [0.25, 0.3) is 5.91 Å². The fraction of sp³-hybridized carbons (Fsp3) is 0.385. The molecule has 186 valence electrons. The van der Waals surface area contributed by atoms with Crippen molar-refractivity contribution in [2.45, 2.75) is 44.6 Å². The lowest BCUT2D eigenvalue weighted by Crippen LogP contribution is -2.36. The van der Waals surface area contributed by atoms with Crippen LogP contribution < -0.4 is 16.0 Å². The Morgan fingerprint density at radius 1 is 1.03 bits per heavy atom. The van der Waals surface area contributed by atoms with Crippen molar-refractivity contribution < 1.29 is 23.9 Å². The summed E-state index contributed by atoms with van der Waals surface area (Å²) in [6.07, 6.45) is 3.41. The molecule has 1 saturated heterocycles. The van der Waals surface area contributed by atoms with Crippen LogP contribution in [-0.2, 0) is 25.5 Å². The van der Waals surface area contributed by atoms with Gasteiger partial charge in [0.15, 0.2) is 5.11 Å². The van der Waals surface area contributed by atoms with Crippen molar-refractivity contribution in [3.63, 3.8) is 0 Å². The second kappa shape index (κ2) is 14.2. The zero-order chi connectivity index (χ0) is 24.9. The Morgan fingerprint density at radius 2 is 1.80 bits per heavy atom. The highest BCUT2D eigenvalue weighted by Crippen LogP contribution is 2.16. The van der Waals surface area contributed by atoms with Crippen LogP contribution in [0, 0.1) is 0 Å². The van der Waals surface area contributed by atoms with E-state index in [0.717, 1.165) is 32.3 Å². The van der Waals surface area contributed by atoms with Crippen LogP contribution in [-0.4, -0.2) is 48.8 Å². The molecule has 1 atom stereocenters. The number of rotatable bonds is 11. The van der Waals surface area contributed by atoms with Crippen molar-refractivity contribution >= 4 is 40.8 Å². The summed E-state index contributed by atoms with van der Waals surface area (Å²) in [7, 11) is 0. The molecule has 1 fully saturated rings. The molecule has 0 radical (unpaired) electrons. The molecule has 0 saturated carbocycles. The van der Waals surface area contributed by atoms with Crippen molar-refractivity contribution in [1.82, 2.24) is 10.6 Å². The maximum atomic E-state index is 12.6. The number of benzene rings is 2. The number of ether oxygens (including phenoxy) is 2. The Morgan fingerprint density at radius 3 is 2.57 bits per heavy atom. The molecule has 1 aliphatic rings. The van der Waals surface area contributed by atoms with E-state index in [1.54, 1.807) is 24.3 Å². The molecule has 2 aromatic rings. The summed E-state index contributed by atoms with van der Waals surface area (Å²) >= 11 is 5.21. The predicted octanol–water partition coefficient (Wildman–Crippen LogP) is 3.36. The molecule has 2 amide bonds. The van der Waals surface area contributed by atoms with Gasteiger partial charge in [0.05, 0.1) is 30.4 Å². The first kappa shape index (κ1) is 26.3. The van der Waals surface area contributed by atoms with Gasteiger partial charge < -0.3 is 25.4 Å². The monoisotopic (exact) mass is 497 g/mol. The number of thiocarbonyl (C=S) groups is 1. The minimum absolute atomic E-state index is 0.0370. The zero-order valence-electron chi connectivity index (χ0n) is 19.6. The molecule has 3 rings (SSSR count). The van der Waals surface area contributed by atoms with Gasteiger partial charge in [-0.2, -0.15) is 0 Å². The van der Waals surface area contributed by atoms with Crippen LogP contribution in [0.15, 0.2) is 54.6 Å². The molecule has 1 aliphatic heterocycles. The third-order valence-electron chi connectivity index (χ3n) is 5.46. The third-order valence-corrected chi connectivity index (χ3v) is 5.66. The van der Waals surface area contributed by atoms with E-state index in [1.165, 1.54) is 5.56 Å². The molecule has 9 heteroatoms. The zero-order valence-corrected chi connectivity index (χ0v) is 20.4. The Labute approximate surface area is 210 Å². The standard InChI is InChI=1S/C26H31N3O5S/c30-23(14-15-24(31)34-17-6-10-19-8-2-1-3-9-19)29-26(35)28-22-13-5-4-12-21(22)25(32)27-18-20-11-7-16-33-20/h1-5,8-9,12-13,20H,6-7,10-11,14-18H2,(H,27,32)(H2,28,29,30,35). The molecule has 0 aliphatic carbocycles. The van der Waals surface area contributed by atoms with E-state index >= 15 is 0 Å². The topological polar surface area (TPSA) is 106 Å². The van der Waals surface area contributed by atoms with E-state index in [0.29, 0.717) is 24.4 Å². The lowest BCUT2D eigenvalue weighted by Gasteiger charge is -2.15. The molecule has 35 heavy (non-hydrogen) atoms. The Kier molecular flexibility index (Phi) is 10.7. The maximum absolute atomic E-state index is 12.6. The highest BCUT2D eigenvalue weighted by atomic mass is 32.1. The third kappa shape index (κ3) is 9.46. The molecule has 0 bridgehead atoms. The van der Waals surface area contributed by atoms with Gasteiger partial charge in [0.2, 0.25) is 5.91 Å². The second-order valence-corrected chi connectivity index (χ2v) is 8.61. The summed E-state index contributed by atoms with van der Waals surface area (Å²) in [4.78, 5) is 36.7. The summed E-state index contributed by atoms with van der Waals surface area (Å²) in [6.45, 7) is 1.47. The highest BCUT2D eigenvalue weighted by molar-refractivity contribution is 7.80. The van der Waals surface area contributed by atoms with Crippen molar-refractivity contribution in [3.8, 4) is 0 Å². The Balaban J connectivity index is 1.35. The van der Waals surface area contributed by atoms with Crippen molar-refractivity contribution in [2.24, 2.45) is 0 Å². The van der Waals surface area contributed by atoms with E-state index in [1.807, 2.05) is 30.3 Å². The minimum Gasteiger partial charge on any atom is -0.466 e. The van der Waals surface area contributed by atoms with Gasteiger partial charge in [-0.05, 0) is 55.6 Å². The van der Waals surface area contributed by atoms with Crippen LogP contribution in [0.1, 0.15) is 48.0 Å². The summed E-state index contributed by atoms with van der Waals surface area (Å²) in [5.41, 5.74) is 2.06. The van der Waals surface area contributed by atoms with E-state index in [-0.39, 0.29) is 30.0 Å². The number of para-hydroxylation sites is 1. The van der Waals surface area contributed by atoms with Crippen molar-refractivity contribution in [2.75, 3.05) is 25.1 Å². The van der Waals surface area contributed by atoms with Crippen molar-refractivity contribution in [1.29, 1.82) is 0 Å². The second-order valence-electron chi connectivity index (χ2n) is 8.20. The van der Waals surface area contributed by atoms with Gasteiger partial charge in [0.1, 0.15) is 0 Å². The molecular weight excluding hydrogens is 466 g/mol. The van der Waals surface area contributed by atoms with Crippen LogP contribution in [0.4, 0.5) is 5.69 Å². The van der Waals surface area contributed by atoms with Crippen LogP contribution in [0.2, 0.25) is 0 Å². The number of hydrogen-bond acceptors (Lipinski definition) is 6. The molecule has 8 nitrogen and oxygen atoms in total. The highest BCUT2D eigenvalue weighted by Gasteiger charge is 2.18. The van der Waals surface area contributed by atoms with Gasteiger partial charge >= 0.3 is 5.97 Å².